The number of carbonyl (C=O) groups is 2. The molecule has 1 N–H and O–H groups in total. The van der Waals surface area contributed by atoms with Crippen molar-refractivity contribution in [2.75, 3.05) is 7.11 Å². The molecule has 4 unspecified atom stereocenters. The van der Waals surface area contributed by atoms with Crippen molar-refractivity contribution in [3.63, 3.8) is 0 Å². The van der Waals surface area contributed by atoms with Gasteiger partial charge in [0.1, 0.15) is 17.5 Å². The number of nitrogens with zero attached hydrogens (tertiary/aromatic N) is 1. The summed E-state index contributed by atoms with van der Waals surface area (Å²) in [4.78, 5) is 27.2. The Balaban J connectivity index is 1.32. The smallest absolute Gasteiger partial charge is 0.410 e. The normalized spacial score (nSPS) is 31.2. The molecule has 36 heavy (non-hydrogen) atoms. The lowest BCUT2D eigenvalue weighted by Gasteiger charge is -2.43. The van der Waals surface area contributed by atoms with Crippen LogP contribution in [0.5, 0.6) is 5.75 Å². The molecule has 3 fully saturated rings. The van der Waals surface area contributed by atoms with E-state index in [1.807, 2.05) is 44.7 Å². The van der Waals surface area contributed by atoms with E-state index in [0.717, 1.165) is 55.4 Å². The summed E-state index contributed by atoms with van der Waals surface area (Å²) in [5.41, 5.74) is 1.40. The molecule has 2 bridgehead atoms. The van der Waals surface area contributed by atoms with Crippen LogP contribution in [-0.2, 0) is 14.3 Å². The van der Waals surface area contributed by atoms with Gasteiger partial charge in [-0.2, -0.15) is 0 Å². The Kier molecular flexibility index (Phi) is 6.73. The predicted molar refractivity (Wildman–Crippen MR) is 135 cm³/mol. The number of amides is 1. The number of hydrogen-bond donors (Lipinski definition) is 1. The van der Waals surface area contributed by atoms with E-state index >= 15 is 0 Å². The third-order valence-corrected chi connectivity index (χ3v) is 8.66. The van der Waals surface area contributed by atoms with Crippen LogP contribution < -0.4 is 4.74 Å². The number of hydrogen-bond acceptors (Lipinski definition) is 6. The van der Waals surface area contributed by atoms with Gasteiger partial charge >= 0.3 is 12.1 Å². The number of aliphatic hydroxyl groups excluding tert-OH is 1. The number of methoxy groups -OCH3 is 1. The molecule has 4 aliphatic rings. The lowest BCUT2D eigenvalue weighted by Crippen LogP contribution is -2.51. The van der Waals surface area contributed by atoms with Gasteiger partial charge in [-0.15, -0.1) is 0 Å². The monoisotopic (exact) mass is 499 g/mol. The van der Waals surface area contributed by atoms with Gasteiger partial charge in [0.15, 0.2) is 0 Å². The number of esters is 1. The molecule has 2 saturated heterocycles. The first-order valence-electron chi connectivity index (χ1n) is 13.6. The second-order valence-electron chi connectivity index (χ2n) is 12.4. The van der Waals surface area contributed by atoms with Crippen molar-refractivity contribution < 1.29 is 28.9 Å². The predicted octanol–water partition coefficient (Wildman–Crippen LogP) is 5.35. The fourth-order valence-corrected chi connectivity index (χ4v) is 6.87. The molecule has 7 nitrogen and oxygen atoms in total. The molecule has 1 saturated carbocycles. The molecule has 1 aromatic rings. The van der Waals surface area contributed by atoms with E-state index in [9.17, 15) is 14.7 Å². The third kappa shape index (κ3) is 4.96. The minimum atomic E-state index is -0.577. The lowest BCUT2D eigenvalue weighted by atomic mass is 9.80. The Morgan fingerprint density at radius 3 is 2.33 bits per heavy atom. The Bertz CT molecular complexity index is 984. The van der Waals surface area contributed by atoms with Gasteiger partial charge in [-0.05, 0) is 88.7 Å². The largest absolute Gasteiger partial charge is 0.490 e. The highest BCUT2D eigenvalue weighted by molar-refractivity contribution is 5.73. The first-order chi connectivity index (χ1) is 17.1. The van der Waals surface area contributed by atoms with E-state index in [1.54, 1.807) is 0 Å². The molecule has 3 heterocycles. The highest BCUT2D eigenvalue weighted by Gasteiger charge is 2.48. The van der Waals surface area contributed by atoms with Gasteiger partial charge in [0.05, 0.1) is 19.1 Å². The summed E-state index contributed by atoms with van der Waals surface area (Å²) in [7, 11) is 1.45. The van der Waals surface area contributed by atoms with Crippen LogP contribution in [0.2, 0.25) is 0 Å². The molecule has 198 valence electrons. The molecule has 0 spiro atoms. The van der Waals surface area contributed by atoms with Crippen molar-refractivity contribution in [2.24, 2.45) is 17.8 Å². The molecular formula is C29H41NO6. The molecule has 1 aromatic carbocycles. The summed E-state index contributed by atoms with van der Waals surface area (Å²) >= 11 is 0. The van der Waals surface area contributed by atoms with E-state index in [0.29, 0.717) is 12.3 Å². The van der Waals surface area contributed by atoms with Crippen LogP contribution in [0.15, 0.2) is 18.2 Å². The number of aliphatic hydroxyl groups is 1. The number of ether oxygens (including phenoxy) is 3. The van der Waals surface area contributed by atoms with Gasteiger partial charge in [0.2, 0.25) is 0 Å². The first-order valence-corrected chi connectivity index (χ1v) is 13.6. The summed E-state index contributed by atoms with van der Waals surface area (Å²) < 4.78 is 17.3. The molecule has 1 amide bonds. The summed E-state index contributed by atoms with van der Waals surface area (Å²) in [6, 6.07) is 6.40. The maximum atomic E-state index is 12.9. The molecule has 6 atom stereocenters. The van der Waals surface area contributed by atoms with Gasteiger partial charge in [0, 0.05) is 24.1 Å². The van der Waals surface area contributed by atoms with E-state index < -0.39 is 11.7 Å². The first kappa shape index (κ1) is 25.4. The summed E-state index contributed by atoms with van der Waals surface area (Å²) in [5, 5.41) is 11.0. The number of benzene rings is 1. The Morgan fingerprint density at radius 2 is 1.75 bits per heavy atom. The van der Waals surface area contributed by atoms with Crippen LogP contribution >= 0.6 is 0 Å². The average Bonchev–Trinajstić information content (AvgIpc) is 3.61. The standard InChI is InChI=1S/C29H41NO6/c1-16(27(32)34-5)26(17-6-7-17)18-8-11-22-23(31)15-24(35-25(22)14-18)19-12-20-9-10-21(13-19)30(20)28(33)36-29(2,3)4/h8,11,14,16-17,19-21,23-24,26,31H,6-7,9-10,12-13,15H2,1-5H3/t16-,19?,20?,21?,23?,24?,26-/m0/s1. The van der Waals surface area contributed by atoms with E-state index in [1.165, 1.54) is 7.11 Å². The van der Waals surface area contributed by atoms with E-state index in [2.05, 4.69) is 6.07 Å². The zero-order valence-corrected chi connectivity index (χ0v) is 22.2. The number of carbonyl (C=O) groups excluding carboxylic acids is 2. The third-order valence-electron chi connectivity index (χ3n) is 8.66. The van der Waals surface area contributed by atoms with Crippen molar-refractivity contribution in [2.45, 2.75) is 108 Å². The Morgan fingerprint density at radius 1 is 1.08 bits per heavy atom. The second kappa shape index (κ2) is 9.55. The topological polar surface area (TPSA) is 85.3 Å². The van der Waals surface area contributed by atoms with Gasteiger partial charge in [-0.25, -0.2) is 4.79 Å². The summed E-state index contributed by atoms with van der Waals surface area (Å²) in [6.07, 6.45) is 5.64. The van der Waals surface area contributed by atoms with E-state index in [-0.39, 0.29) is 48.0 Å². The van der Waals surface area contributed by atoms with Gasteiger partial charge in [-0.1, -0.05) is 19.1 Å². The van der Waals surface area contributed by atoms with Crippen LogP contribution in [0, 0.1) is 17.8 Å². The van der Waals surface area contributed by atoms with Crippen molar-refractivity contribution in [3.05, 3.63) is 29.3 Å². The summed E-state index contributed by atoms with van der Waals surface area (Å²) in [5.74, 6) is 1.18. The Labute approximate surface area is 214 Å². The fraction of sp³-hybridized carbons (Fsp3) is 0.724. The second-order valence-corrected chi connectivity index (χ2v) is 12.4. The minimum absolute atomic E-state index is 0.0935. The highest BCUT2D eigenvalue weighted by Crippen LogP contribution is 2.50. The van der Waals surface area contributed by atoms with Gasteiger partial charge < -0.3 is 24.2 Å². The number of piperidine rings is 1. The molecule has 3 aliphatic heterocycles. The Hall–Kier alpha value is -2.28. The maximum Gasteiger partial charge on any atom is 0.410 e. The zero-order chi connectivity index (χ0) is 25.8. The van der Waals surface area contributed by atoms with Crippen LogP contribution in [0.4, 0.5) is 4.79 Å². The van der Waals surface area contributed by atoms with Gasteiger partial charge in [-0.3, -0.25) is 4.79 Å². The van der Waals surface area contributed by atoms with Crippen molar-refractivity contribution in [1.29, 1.82) is 0 Å². The molecule has 1 aliphatic carbocycles. The SMILES string of the molecule is COC(=O)[C@@H](C)[C@H](c1ccc2c(c1)OC(C1CC3CCC(C1)N3C(=O)OC(C)(C)C)CC2O)C1CC1. The van der Waals surface area contributed by atoms with Crippen molar-refractivity contribution in [1.82, 2.24) is 4.90 Å². The maximum absolute atomic E-state index is 12.9. The van der Waals surface area contributed by atoms with Crippen LogP contribution in [0.1, 0.15) is 95.8 Å². The van der Waals surface area contributed by atoms with Gasteiger partial charge in [0.25, 0.3) is 0 Å². The minimum Gasteiger partial charge on any atom is -0.490 e. The molecule has 5 rings (SSSR count). The fourth-order valence-electron chi connectivity index (χ4n) is 6.87. The highest BCUT2D eigenvalue weighted by atomic mass is 16.6. The lowest BCUT2D eigenvalue weighted by molar-refractivity contribution is -0.145. The summed E-state index contributed by atoms with van der Waals surface area (Å²) in [6.45, 7) is 7.66. The molecule has 0 radical (unpaired) electrons. The molecule has 0 aromatic heterocycles. The number of rotatable bonds is 5. The van der Waals surface area contributed by atoms with Crippen LogP contribution in [0.25, 0.3) is 0 Å². The average molecular weight is 500 g/mol. The zero-order valence-electron chi connectivity index (χ0n) is 22.2. The quantitative estimate of drug-likeness (QED) is 0.550. The van der Waals surface area contributed by atoms with Crippen LogP contribution in [-0.4, -0.2) is 53.0 Å². The van der Waals surface area contributed by atoms with Crippen molar-refractivity contribution >= 4 is 12.1 Å². The molecule has 7 heteroatoms. The molecular weight excluding hydrogens is 458 g/mol. The van der Waals surface area contributed by atoms with Crippen LogP contribution in [0.3, 0.4) is 0 Å². The number of fused-ring (bicyclic) bond motifs is 3. The van der Waals surface area contributed by atoms with Crippen molar-refractivity contribution in [3.8, 4) is 5.75 Å². The van der Waals surface area contributed by atoms with E-state index in [4.69, 9.17) is 14.2 Å².